The molecule has 16 heteroatoms. The second-order valence-corrected chi connectivity index (χ2v) is 11.1. The third kappa shape index (κ3) is 4.48. The summed E-state index contributed by atoms with van der Waals surface area (Å²) in [5.74, 6) is 0.0946. The Morgan fingerprint density at radius 2 is 2.09 bits per heavy atom. The van der Waals surface area contributed by atoms with Crippen LogP contribution in [0.5, 0.6) is 11.6 Å². The van der Waals surface area contributed by atoms with E-state index in [1.165, 1.54) is 32.4 Å². The number of sulfonamides is 1. The Morgan fingerprint density at radius 3 is 2.76 bits per heavy atom. The van der Waals surface area contributed by atoms with Crippen LogP contribution >= 0.6 is 0 Å². The summed E-state index contributed by atoms with van der Waals surface area (Å²) in [6, 6.07) is 4.17. The normalized spacial score (nSPS) is 17.6. The molecular weight excluding hydrogens is 492 g/mol. The van der Waals surface area contributed by atoms with Gasteiger partial charge in [0, 0.05) is 19.3 Å². The Bertz CT molecular complexity index is 1320. The van der Waals surface area contributed by atoms with Crippen LogP contribution in [-0.2, 0) is 33.2 Å². The number of benzene rings is 1. The highest BCUT2D eigenvalue weighted by atomic mass is 32.2. The largest absolute Gasteiger partial charge is 0.485 e. The van der Waals surface area contributed by atoms with Gasteiger partial charge in [0.05, 0.1) is 31.6 Å². The second kappa shape index (κ2) is 8.94. The first kappa shape index (κ1) is 24.1. The van der Waals surface area contributed by atoms with Crippen LogP contribution in [0.1, 0.15) is 12.1 Å². The van der Waals surface area contributed by atoms with Crippen LogP contribution in [0.2, 0.25) is 0 Å². The fourth-order valence-corrected chi connectivity index (χ4v) is 6.29. The summed E-state index contributed by atoms with van der Waals surface area (Å²) in [4.78, 5) is 11.0. The number of hydrogen-bond acceptors (Lipinski definition) is 8. The van der Waals surface area contributed by atoms with Crippen LogP contribution in [0.15, 0.2) is 23.1 Å². The van der Waals surface area contributed by atoms with E-state index in [0.717, 1.165) is 10.7 Å². The number of nitrogens with one attached hydrogen (secondary N) is 3. The number of aryl methyl sites for hydroxylation is 1. The van der Waals surface area contributed by atoms with Gasteiger partial charge in [-0.15, -0.1) is 5.10 Å². The SMILES string of the molecule is CNS(=O)(=O)NCC1CN(S(=O)(=O)c2c(OC)nn3c2CCC3)c2cc(NC(=O)O)ccc2O1. The Kier molecular flexibility index (Phi) is 6.32. The fraction of sp³-hybridized carbons (Fsp3) is 0.444. The number of fused-ring (bicyclic) bond motifs is 2. The molecule has 0 saturated heterocycles. The van der Waals surface area contributed by atoms with Gasteiger partial charge in [-0.3, -0.25) is 14.3 Å². The summed E-state index contributed by atoms with van der Waals surface area (Å²) in [6.45, 7) is 0.0981. The molecule has 34 heavy (non-hydrogen) atoms. The zero-order valence-corrected chi connectivity index (χ0v) is 19.9. The highest BCUT2D eigenvalue weighted by molar-refractivity contribution is 7.93. The summed E-state index contributed by atoms with van der Waals surface area (Å²) >= 11 is 0. The van der Waals surface area contributed by atoms with Crippen LogP contribution in [0, 0.1) is 0 Å². The van der Waals surface area contributed by atoms with Gasteiger partial charge >= 0.3 is 6.09 Å². The van der Waals surface area contributed by atoms with Crippen LogP contribution in [0.25, 0.3) is 0 Å². The lowest BCUT2D eigenvalue weighted by molar-refractivity contribution is 0.203. The van der Waals surface area contributed by atoms with Gasteiger partial charge in [-0.2, -0.15) is 13.1 Å². The van der Waals surface area contributed by atoms with Crippen LogP contribution in [0.4, 0.5) is 16.2 Å². The maximum absolute atomic E-state index is 13.9. The molecule has 1 aromatic heterocycles. The lowest BCUT2D eigenvalue weighted by Gasteiger charge is -2.35. The van der Waals surface area contributed by atoms with Gasteiger partial charge in [0.25, 0.3) is 26.1 Å². The molecule has 2 aliphatic rings. The van der Waals surface area contributed by atoms with Gasteiger partial charge in [-0.1, -0.05) is 0 Å². The number of rotatable bonds is 8. The van der Waals surface area contributed by atoms with E-state index in [1.54, 1.807) is 4.68 Å². The monoisotopic (exact) mass is 516 g/mol. The molecule has 2 aromatic rings. The zero-order valence-electron chi connectivity index (χ0n) is 18.3. The third-order valence-electron chi connectivity index (χ3n) is 5.42. The molecular formula is C18H24N6O8S2. The quantitative estimate of drug-likeness (QED) is 0.373. The number of anilines is 2. The number of methoxy groups -OCH3 is 1. The second-order valence-electron chi connectivity index (χ2n) is 7.56. The van der Waals surface area contributed by atoms with Gasteiger partial charge in [0.2, 0.25) is 0 Å². The van der Waals surface area contributed by atoms with Crippen molar-refractivity contribution in [3.05, 3.63) is 23.9 Å². The molecule has 1 unspecified atom stereocenters. The topological polar surface area (TPSA) is 181 Å². The van der Waals surface area contributed by atoms with Crippen molar-refractivity contribution in [1.82, 2.24) is 19.2 Å². The number of nitrogens with zero attached hydrogens (tertiary/aromatic N) is 3. The van der Waals surface area contributed by atoms with Crippen LogP contribution in [-0.4, -0.2) is 71.2 Å². The first-order valence-electron chi connectivity index (χ1n) is 10.2. The highest BCUT2D eigenvalue weighted by Gasteiger charge is 2.41. The molecule has 4 N–H and O–H groups in total. The van der Waals surface area contributed by atoms with Gasteiger partial charge in [-0.05, 0) is 31.0 Å². The minimum atomic E-state index is -4.26. The molecule has 1 amide bonds. The highest BCUT2D eigenvalue weighted by Crippen LogP contribution is 2.42. The van der Waals surface area contributed by atoms with Crippen molar-refractivity contribution in [2.24, 2.45) is 0 Å². The van der Waals surface area contributed by atoms with Crippen molar-refractivity contribution in [2.75, 3.05) is 36.9 Å². The molecule has 0 bridgehead atoms. The fourth-order valence-electron chi connectivity index (χ4n) is 3.90. The Balaban J connectivity index is 1.78. The Hall–Kier alpha value is -3.08. The van der Waals surface area contributed by atoms with Gasteiger partial charge in [0.15, 0.2) is 4.90 Å². The van der Waals surface area contributed by atoms with Crippen molar-refractivity contribution in [3.8, 4) is 11.6 Å². The van der Waals surface area contributed by atoms with Gasteiger partial charge < -0.3 is 14.6 Å². The summed E-state index contributed by atoms with van der Waals surface area (Å²) in [7, 11) is -5.48. The van der Waals surface area contributed by atoms with Crippen molar-refractivity contribution in [2.45, 2.75) is 30.4 Å². The minimum absolute atomic E-state index is 0.0463. The van der Waals surface area contributed by atoms with E-state index in [9.17, 15) is 21.6 Å². The van der Waals surface area contributed by atoms with E-state index in [4.69, 9.17) is 14.6 Å². The first-order chi connectivity index (χ1) is 16.1. The standard InChI is InChI=1S/C18H24N6O8S2/c1-19-34(29,30)20-9-12-10-24(14-8-11(21-18(25)26)5-6-15(14)32-12)33(27,28)16-13-4-3-7-23(13)22-17(16)31-2/h5-6,8,12,19-21H,3-4,7,9-10H2,1-2H3,(H,25,26). The smallest absolute Gasteiger partial charge is 0.409 e. The molecule has 0 saturated carbocycles. The van der Waals surface area contributed by atoms with E-state index in [2.05, 4.69) is 19.9 Å². The number of carboxylic acid groups (broad SMARTS) is 1. The molecule has 4 rings (SSSR count). The molecule has 3 heterocycles. The first-order valence-corrected chi connectivity index (χ1v) is 13.1. The molecule has 186 valence electrons. The van der Waals surface area contributed by atoms with Crippen molar-refractivity contribution < 1.29 is 36.2 Å². The summed E-state index contributed by atoms with van der Waals surface area (Å²) in [5, 5.41) is 15.5. The molecule has 1 aromatic carbocycles. The maximum atomic E-state index is 13.9. The predicted octanol–water partition coefficient (Wildman–Crippen LogP) is -0.0621. The summed E-state index contributed by atoms with van der Waals surface area (Å²) < 4.78 is 69.7. The summed E-state index contributed by atoms with van der Waals surface area (Å²) in [5.41, 5.74) is 0.743. The third-order valence-corrected chi connectivity index (χ3v) is 8.35. The molecule has 0 aliphatic carbocycles. The number of carbonyl (C=O) groups is 1. The average molecular weight is 517 g/mol. The number of amides is 1. The van der Waals surface area contributed by atoms with Gasteiger partial charge in [-0.25, -0.2) is 17.9 Å². The van der Waals surface area contributed by atoms with E-state index in [0.29, 0.717) is 18.7 Å². The molecule has 2 aliphatic heterocycles. The van der Waals surface area contributed by atoms with E-state index in [-0.39, 0.29) is 41.0 Å². The van der Waals surface area contributed by atoms with Crippen molar-refractivity contribution in [3.63, 3.8) is 0 Å². The molecule has 0 radical (unpaired) electrons. The van der Waals surface area contributed by atoms with Crippen molar-refractivity contribution >= 4 is 37.7 Å². The zero-order chi connectivity index (χ0) is 24.7. The van der Waals surface area contributed by atoms with E-state index in [1.807, 2.05) is 0 Å². The Morgan fingerprint density at radius 1 is 1.32 bits per heavy atom. The predicted molar refractivity (Wildman–Crippen MR) is 120 cm³/mol. The van der Waals surface area contributed by atoms with E-state index < -0.39 is 32.4 Å². The molecule has 14 nitrogen and oxygen atoms in total. The van der Waals surface area contributed by atoms with Crippen LogP contribution in [0.3, 0.4) is 0 Å². The lowest BCUT2D eigenvalue weighted by atomic mass is 10.2. The van der Waals surface area contributed by atoms with Crippen molar-refractivity contribution in [1.29, 1.82) is 0 Å². The maximum Gasteiger partial charge on any atom is 0.409 e. The van der Waals surface area contributed by atoms with Crippen LogP contribution < -0.4 is 28.5 Å². The number of hydrogen-bond donors (Lipinski definition) is 4. The van der Waals surface area contributed by atoms with E-state index >= 15 is 0 Å². The molecule has 1 atom stereocenters. The number of aromatic nitrogens is 2. The minimum Gasteiger partial charge on any atom is -0.485 e. The number of ether oxygens (including phenoxy) is 2. The van der Waals surface area contributed by atoms with Gasteiger partial charge in [0.1, 0.15) is 11.9 Å². The summed E-state index contributed by atoms with van der Waals surface area (Å²) in [6.07, 6.45) is -0.969. The lowest BCUT2D eigenvalue weighted by Crippen LogP contribution is -2.49. The Labute approximate surface area is 196 Å². The average Bonchev–Trinajstić information content (AvgIpc) is 3.37. The molecule has 0 spiro atoms. The molecule has 0 fully saturated rings.